The van der Waals surface area contributed by atoms with Gasteiger partial charge in [0.05, 0.1) is 6.04 Å². The smallest absolute Gasteiger partial charge is 0.344 e. The molecule has 9 heteroatoms. The molecular formula is C17H12ClF4N3O. The number of alkyl halides is 3. The summed E-state index contributed by atoms with van der Waals surface area (Å²) in [5.74, 6) is -1.97. The van der Waals surface area contributed by atoms with E-state index < -0.39 is 41.0 Å². The normalized spacial score (nSPS) is 13.0. The molecular weight excluding hydrogens is 374 g/mol. The van der Waals surface area contributed by atoms with Gasteiger partial charge < -0.3 is 5.32 Å². The Hall–Kier alpha value is -2.61. The van der Waals surface area contributed by atoms with E-state index in [1.807, 2.05) is 0 Å². The zero-order valence-electron chi connectivity index (χ0n) is 13.3. The monoisotopic (exact) mass is 385 g/mol. The van der Waals surface area contributed by atoms with Gasteiger partial charge in [-0.1, -0.05) is 23.7 Å². The summed E-state index contributed by atoms with van der Waals surface area (Å²) in [6, 6.07) is 8.07. The Morgan fingerprint density at radius 2 is 1.88 bits per heavy atom. The van der Waals surface area contributed by atoms with Crippen LogP contribution >= 0.6 is 11.6 Å². The Kier molecular flexibility index (Phi) is 4.62. The van der Waals surface area contributed by atoms with Gasteiger partial charge in [-0.15, -0.1) is 0 Å². The quantitative estimate of drug-likeness (QED) is 0.668. The lowest BCUT2D eigenvalue weighted by molar-refractivity contribution is -0.141. The van der Waals surface area contributed by atoms with Crippen molar-refractivity contribution in [2.75, 3.05) is 0 Å². The van der Waals surface area contributed by atoms with Gasteiger partial charge in [0.25, 0.3) is 5.91 Å². The summed E-state index contributed by atoms with van der Waals surface area (Å²) in [6.45, 7) is 1.61. The summed E-state index contributed by atoms with van der Waals surface area (Å²) in [7, 11) is 0. The molecule has 0 spiro atoms. The van der Waals surface area contributed by atoms with E-state index in [2.05, 4.69) is 10.3 Å². The second-order valence-electron chi connectivity index (χ2n) is 5.60. The minimum Gasteiger partial charge on any atom is -0.344 e. The molecule has 0 saturated carbocycles. The molecule has 1 atom stereocenters. The largest absolute Gasteiger partial charge is 0.435 e. The molecule has 2 heterocycles. The number of nitrogens with one attached hydrogen (secondary N) is 1. The van der Waals surface area contributed by atoms with Crippen LogP contribution < -0.4 is 5.32 Å². The number of hydrogen-bond donors (Lipinski definition) is 1. The fourth-order valence-corrected chi connectivity index (χ4v) is 2.67. The zero-order valence-corrected chi connectivity index (χ0v) is 14.1. The van der Waals surface area contributed by atoms with E-state index in [9.17, 15) is 22.4 Å². The van der Waals surface area contributed by atoms with Crippen LogP contribution in [0.3, 0.4) is 0 Å². The molecule has 3 aromatic rings. The molecule has 136 valence electrons. The Bertz CT molecular complexity index is 967. The van der Waals surface area contributed by atoms with Crippen LogP contribution in [0.5, 0.6) is 0 Å². The van der Waals surface area contributed by atoms with Crippen LogP contribution in [-0.4, -0.2) is 15.3 Å². The lowest BCUT2D eigenvalue weighted by Gasteiger charge is -2.15. The molecule has 0 aliphatic heterocycles. The van der Waals surface area contributed by atoms with Gasteiger partial charge in [0.2, 0.25) is 0 Å². The van der Waals surface area contributed by atoms with Crippen LogP contribution in [0.25, 0.3) is 5.65 Å². The predicted molar refractivity (Wildman–Crippen MR) is 87.5 cm³/mol. The van der Waals surface area contributed by atoms with Gasteiger partial charge in [-0.2, -0.15) is 13.2 Å². The summed E-state index contributed by atoms with van der Waals surface area (Å²) in [6.07, 6.45) is -3.75. The number of benzene rings is 1. The van der Waals surface area contributed by atoms with E-state index in [4.69, 9.17) is 11.6 Å². The highest BCUT2D eigenvalue weighted by atomic mass is 35.5. The summed E-state index contributed by atoms with van der Waals surface area (Å²) in [5, 5.41) is 2.97. The van der Waals surface area contributed by atoms with Gasteiger partial charge in [-0.3, -0.25) is 9.20 Å². The van der Waals surface area contributed by atoms with E-state index in [1.54, 1.807) is 31.2 Å². The number of carbonyl (C=O) groups excluding carboxylic acids is 1. The summed E-state index contributed by atoms with van der Waals surface area (Å²) in [4.78, 5) is 15.8. The number of halogens is 5. The van der Waals surface area contributed by atoms with Crippen molar-refractivity contribution in [2.45, 2.75) is 19.1 Å². The number of nitrogens with zero attached hydrogens (tertiary/aromatic N) is 2. The second kappa shape index (κ2) is 6.60. The third kappa shape index (κ3) is 3.37. The van der Waals surface area contributed by atoms with Crippen LogP contribution in [0.4, 0.5) is 17.6 Å². The summed E-state index contributed by atoms with van der Waals surface area (Å²) < 4.78 is 54.5. The summed E-state index contributed by atoms with van der Waals surface area (Å²) >= 11 is 5.79. The first-order valence-electron chi connectivity index (χ1n) is 7.48. The number of hydrogen-bond acceptors (Lipinski definition) is 2. The molecule has 0 bridgehead atoms. The third-order valence-corrected chi connectivity index (χ3v) is 4.06. The number of carbonyl (C=O) groups is 1. The molecule has 1 amide bonds. The number of amides is 1. The zero-order chi connectivity index (χ0) is 19.1. The van der Waals surface area contributed by atoms with Crippen molar-refractivity contribution in [1.29, 1.82) is 0 Å². The maximum absolute atomic E-state index is 13.8. The average molecular weight is 386 g/mol. The lowest BCUT2D eigenvalue weighted by Crippen LogP contribution is -2.29. The topological polar surface area (TPSA) is 46.4 Å². The minimum absolute atomic E-state index is 0.490. The van der Waals surface area contributed by atoms with Crippen molar-refractivity contribution in [3.05, 3.63) is 70.4 Å². The van der Waals surface area contributed by atoms with Crippen molar-refractivity contribution in [1.82, 2.24) is 14.7 Å². The molecule has 1 aromatic carbocycles. The van der Waals surface area contributed by atoms with Gasteiger partial charge in [0, 0.05) is 11.2 Å². The van der Waals surface area contributed by atoms with E-state index in [1.165, 1.54) is 6.07 Å². The van der Waals surface area contributed by atoms with Crippen LogP contribution in [0.1, 0.15) is 34.7 Å². The maximum Gasteiger partial charge on any atom is 0.435 e. The molecule has 2 aromatic heterocycles. The fraction of sp³-hybridized carbons (Fsp3) is 0.176. The number of fused-ring (bicyclic) bond motifs is 1. The van der Waals surface area contributed by atoms with Crippen LogP contribution in [0, 0.1) is 5.82 Å². The molecule has 26 heavy (non-hydrogen) atoms. The number of aromatic nitrogens is 2. The molecule has 1 unspecified atom stereocenters. The van der Waals surface area contributed by atoms with Gasteiger partial charge >= 0.3 is 6.18 Å². The average Bonchev–Trinajstić information content (AvgIpc) is 2.96. The van der Waals surface area contributed by atoms with Gasteiger partial charge in [0.15, 0.2) is 17.2 Å². The third-order valence-electron chi connectivity index (χ3n) is 3.80. The van der Waals surface area contributed by atoms with Gasteiger partial charge in [-0.05, 0) is 36.8 Å². The van der Waals surface area contributed by atoms with E-state index in [0.29, 0.717) is 10.6 Å². The summed E-state index contributed by atoms with van der Waals surface area (Å²) in [5.41, 5.74) is -2.13. The minimum atomic E-state index is -4.91. The van der Waals surface area contributed by atoms with E-state index in [0.717, 1.165) is 16.7 Å². The number of rotatable bonds is 3. The molecule has 0 radical (unpaired) electrons. The van der Waals surface area contributed by atoms with Gasteiger partial charge in [-0.25, -0.2) is 9.37 Å². The highest BCUT2D eigenvalue weighted by Crippen LogP contribution is 2.32. The van der Waals surface area contributed by atoms with Crippen LogP contribution in [0.15, 0.2) is 42.6 Å². The predicted octanol–water partition coefficient (Wildman–Crippen LogP) is 4.64. The van der Waals surface area contributed by atoms with E-state index in [-0.39, 0.29) is 0 Å². The van der Waals surface area contributed by atoms with Crippen LogP contribution in [-0.2, 0) is 6.18 Å². The SMILES string of the molecule is CC(NC(=O)c1c(C(F)(F)F)nc2c(F)cccn12)c1ccc(Cl)cc1. The standard InChI is InChI=1S/C17H12ClF4N3O/c1-9(10-4-6-11(18)7-5-10)23-16(26)13-14(17(20,21)22)24-15-12(19)3-2-8-25(13)15/h2-9H,1H3,(H,23,26). The first kappa shape index (κ1) is 18.2. The molecule has 0 aliphatic carbocycles. The van der Waals surface area contributed by atoms with Crippen molar-refractivity contribution < 1.29 is 22.4 Å². The first-order chi connectivity index (χ1) is 12.2. The van der Waals surface area contributed by atoms with Crippen molar-refractivity contribution >= 4 is 23.2 Å². The Morgan fingerprint density at radius 1 is 1.23 bits per heavy atom. The fourth-order valence-electron chi connectivity index (χ4n) is 2.55. The number of pyridine rings is 1. The van der Waals surface area contributed by atoms with Gasteiger partial charge in [0.1, 0.15) is 5.69 Å². The molecule has 3 rings (SSSR count). The molecule has 4 nitrogen and oxygen atoms in total. The number of imidazole rings is 1. The molecule has 0 aliphatic rings. The molecule has 1 N–H and O–H groups in total. The van der Waals surface area contributed by atoms with Crippen molar-refractivity contribution in [3.8, 4) is 0 Å². The maximum atomic E-state index is 13.8. The van der Waals surface area contributed by atoms with E-state index >= 15 is 0 Å². The Labute approximate surface area is 150 Å². The second-order valence-corrected chi connectivity index (χ2v) is 6.04. The first-order valence-corrected chi connectivity index (χ1v) is 7.86. The lowest BCUT2D eigenvalue weighted by atomic mass is 10.1. The van der Waals surface area contributed by atoms with Crippen LogP contribution in [0.2, 0.25) is 5.02 Å². The molecule has 0 fully saturated rings. The van der Waals surface area contributed by atoms with Crippen molar-refractivity contribution in [2.24, 2.45) is 0 Å². The highest BCUT2D eigenvalue weighted by molar-refractivity contribution is 6.30. The Morgan fingerprint density at radius 3 is 2.50 bits per heavy atom. The molecule has 0 saturated heterocycles. The van der Waals surface area contributed by atoms with Crippen molar-refractivity contribution in [3.63, 3.8) is 0 Å². The highest BCUT2D eigenvalue weighted by Gasteiger charge is 2.40. The Balaban J connectivity index is 2.02.